The van der Waals surface area contributed by atoms with Crippen molar-refractivity contribution < 1.29 is 4.39 Å². The molecule has 0 bridgehead atoms. The van der Waals surface area contributed by atoms with Gasteiger partial charge in [0, 0.05) is 26.2 Å². The average molecular weight is 320 g/mol. The molecule has 1 aromatic carbocycles. The lowest BCUT2D eigenvalue weighted by atomic mass is 10.0. The topological polar surface area (TPSA) is 39.7 Å². The first-order chi connectivity index (χ1) is 11.2. The van der Waals surface area contributed by atoms with Gasteiger partial charge in [0.05, 0.1) is 6.54 Å². The van der Waals surface area contributed by atoms with Gasteiger partial charge in [-0.3, -0.25) is 0 Å². The van der Waals surface area contributed by atoms with Crippen molar-refractivity contribution in [1.29, 1.82) is 0 Å². The molecule has 0 aromatic heterocycles. The van der Waals surface area contributed by atoms with Crippen LogP contribution in [-0.4, -0.2) is 43.6 Å². The van der Waals surface area contributed by atoms with Gasteiger partial charge >= 0.3 is 0 Å². The van der Waals surface area contributed by atoms with Gasteiger partial charge in [0.2, 0.25) is 0 Å². The summed E-state index contributed by atoms with van der Waals surface area (Å²) in [6, 6.07) is 6.60. The molecule has 1 saturated heterocycles. The van der Waals surface area contributed by atoms with Crippen LogP contribution >= 0.6 is 0 Å². The van der Waals surface area contributed by atoms with E-state index in [2.05, 4.69) is 27.4 Å². The van der Waals surface area contributed by atoms with Crippen LogP contribution in [0.4, 0.5) is 4.39 Å². The number of piperidine rings is 1. The molecule has 0 spiro atoms. The fraction of sp³-hybridized carbons (Fsp3) is 0.611. The monoisotopic (exact) mass is 320 g/mol. The highest BCUT2D eigenvalue weighted by molar-refractivity contribution is 5.79. The first-order valence-electron chi connectivity index (χ1n) is 8.66. The Morgan fingerprint density at radius 3 is 3.00 bits per heavy atom. The molecule has 1 unspecified atom stereocenters. The molecule has 1 aromatic rings. The van der Waals surface area contributed by atoms with E-state index in [1.54, 1.807) is 6.07 Å². The van der Waals surface area contributed by atoms with Gasteiger partial charge in [-0.1, -0.05) is 19.1 Å². The van der Waals surface area contributed by atoms with Crippen LogP contribution < -0.4 is 10.6 Å². The molecule has 0 amide bonds. The highest BCUT2D eigenvalue weighted by Crippen LogP contribution is 2.14. The molecule has 1 heterocycles. The lowest BCUT2D eigenvalue weighted by Crippen LogP contribution is -2.43. The SMILES string of the molecule is CCNC(=NCc1cccc(F)c1)NCCN1CCCC(C)C1. The number of nitrogens with zero attached hydrogens (tertiary/aromatic N) is 2. The summed E-state index contributed by atoms with van der Waals surface area (Å²) < 4.78 is 13.2. The Morgan fingerprint density at radius 1 is 1.39 bits per heavy atom. The van der Waals surface area contributed by atoms with Crippen molar-refractivity contribution >= 4 is 5.96 Å². The zero-order chi connectivity index (χ0) is 16.5. The maximum Gasteiger partial charge on any atom is 0.191 e. The molecular weight excluding hydrogens is 291 g/mol. The molecule has 1 fully saturated rings. The molecule has 0 aliphatic carbocycles. The van der Waals surface area contributed by atoms with Gasteiger partial charge in [0.15, 0.2) is 5.96 Å². The number of hydrogen-bond acceptors (Lipinski definition) is 2. The molecule has 128 valence electrons. The summed E-state index contributed by atoms with van der Waals surface area (Å²) in [5.41, 5.74) is 0.882. The Bertz CT molecular complexity index is 504. The normalized spacial score (nSPS) is 19.6. The number of likely N-dealkylation sites (tertiary alicyclic amines) is 1. The highest BCUT2D eigenvalue weighted by Gasteiger charge is 2.15. The van der Waals surface area contributed by atoms with Crippen LogP contribution in [-0.2, 0) is 6.54 Å². The van der Waals surface area contributed by atoms with Gasteiger partial charge in [-0.15, -0.1) is 0 Å². The van der Waals surface area contributed by atoms with Crippen LogP contribution in [0.15, 0.2) is 29.3 Å². The van der Waals surface area contributed by atoms with Crippen LogP contribution in [0.25, 0.3) is 0 Å². The Hall–Kier alpha value is -1.62. The minimum atomic E-state index is -0.213. The van der Waals surface area contributed by atoms with Crippen molar-refractivity contribution in [2.45, 2.75) is 33.2 Å². The van der Waals surface area contributed by atoms with E-state index in [9.17, 15) is 4.39 Å². The third-order valence-electron chi connectivity index (χ3n) is 4.11. The van der Waals surface area contributed by atoms with Crippen LogP contribution in [0.1, 0.15) is 32.3 Å². The van der Waals surface area contributed by atoms with E-state index in [1.165, 1.54) is 38.1 Å². The van der Waals surface area contributed by atoms with Crippen LogP contribution in [0.5, 0.6) is 0 Å². The molecule has 5 heteroatoms. The van der Waals surface area contributed by atoms with Crippen molar-refractivity contribution in [2.24, 2.45) is 10.9 Å². The quantitative estimate of drug-likeness (QED) is 0.625. The number of guanidine groups is 1. The second kappa shape index (κ2) is 9.50. The largest absolute Gasteiger partial charge is 0.357 e. The number of nitrogens with one attached hydrogen (secondary N) is 2. The maximum atomic E-state index is 13.2. The Balaban J connectivity index is 1.79. The second-order valence-electron chi connectivity index (χ2n) is 6.30. The minimum absolute atomic E-state index is 0.213. The van der Waals surface area contributed by atoms with Crippen LogP contribution in [0, 0.1) is 11.7 Å². The Kier molecular flexibility index (Phi) is 7.33. The van der Waals surface area contributed by atoms with Crippen LogP contribution in [0.3, 0.4) is 0 Å². The molecular formula is C18H29FN4. The Labute approximate surface area is 139 Å². The van der Waals surface area contributed by atoms with Gasteiger partial charge in [-0.25, -0.2) is 9.38 Å². The first kappa shape index (κ1) is 17.7. The van der Waals surface area contributed by atoms with E-state index in [1.807, 2.05) is 13.0 Å². The molecule has 23 heavy (non-hydrogen) atoms. The number of aliphatic imine (C=N–C) groups is 1. The summed E-state index contributed by atoms with van der Waals surface area (Å²) in [7, 11) is 0. The van der Waals surface area contributed by atoms with E-state index in [4.69, 9.17) is 0 Å². The lowest BCUT2D eigenvalue weighted by Gasteiger charge is -2.30. The summed E-state index contributed by atoms with van der Waals surface area (Å²) in [6.07, 6.45) is 2.65. The van der Waals surface area contributed by atoms with Crippen molar-refractivity contribution in [3.63, 3.8) is 0 Å². The molecule has 0 radical (unpaired) electrons. The van der Waals surface area contributed by atoms with Gasteiger partial charge in [0.1, 0.15) is 5.82 Å². The lowest BCUT2D eigenvalue weighted by molar-refractivity contribution is 0.187. The second-order valence-corrected chi connectivity index (χ2v) is 6.30. The molecule has 2 rings (SSSR count). The van der Waals surface area contributed by atoms with E-state index in [0.29, 0.717) is 6.54 Å². The van der Waals surface area contributed by atoms with E-state index < -0.39 is 0 Å². The van der Waals surface area contributed by atoms with Crippen LogP contribution in [0.2, 0.25) is 0 Å². The molecule has 1 aliphatic heterocycles. The smallest absolute Gasteiger partial charge is 0.191 e. The predicted molar refractivity (Wildman–Crippen MR) is 94.1 cm³/mol. The van der Waals surface area contributed by atoms with Gasteiger partial charge in [-0.05, 0) is 49.9 Å². The number of benzene rings is 1. The highest BCUT2D eigenvalue weighted by atomic mass is 19.1. The summed E-state index contributed by atoms with van der Waals surface area (Å²) in [5.74, 6) is 1.38. The standard InChI is InChI=1S/C18H29FN4/c1-3-20-18(22-13-16-7-4-8-17(19)12-16)21-9-11-23-10-5-6-15(2)14-23/h4,7-8,12,15H,3,5-6,9-11,13-14H2,1-2H3,(H2,20,21,22). The van der Waals surface area contributed by atoms with Crippen molar-refractivity contribution in [3.8, 4) is 0 Å². The predicted octanol–water partition coefficient (Wildman–Crippen LogP) is 2.61. The fourth-order valence-corrected chi connectivity index (χ4v) is 2.97. The molecule has 0 saturated carbocycles. The van der Waals surface area contributed by atoms with Crippen molar-refractivity contribution in [1.82, 2.24) is 15.5 Å². The van der Waals surface area contributed by atoms with Gasteiger partial charge < -0.3 is 15.5 Å². The van der Waals surface area contributed by atoms with Gasteiger partial charge in [0.25, 0.3) is 0 Å². The minimum Gasteiger partial charge on any atom is -0.357 e. The number of halogens is 1. The Morgan fingerprint density at radius 2 is 2.26 bits per heavy atom. The summed E-state index contributed by atoms with van der Waals surface area (Å²) in [4.78, 5) is 7.04. The zero-order valence-corrected chi connectivity index (χ0v) is 14.3. The molecule has 1 aliphatic rings. The third kappa shape index (κ3) is 6.57. The van der Waals surface area contributed by atoms with Gasteiger partial charge in [-0.2, -0.15) is 0 Å². The van der Waals surface area contributed by atoms with E-state index >= 15 is 0 Å². The fourth-order valence-electron chi connectivity index (χ4n) is 2.97. The van der Waals surface area contributed by atoms with E-state index in [0.717, 1.165) is 37.1 Å². The molecule has 1 atom stereocenters. The first-order valence-corrected chi connectivity index (χ1v) is 8.66. The summed E-state index contributed by atoms with van der Waals surface area (Å²) in [5, 5.41) is 6.61. The zero-order valence-electron chi connectivity index (χ0n) is 14.3. The summed E-state index contributed by atoms with van der Waals surface area (Å²) in [6.45, 7) is 9.97. The molecule has 2 N–H and O–H groups in total. The number of hydrogen-bond donors (Lipinski definition) is 2. The number of rotatable bonds is 6. The van der Waals surface area contributed by atoms with E-state index in [-0.39, 0.29) is 5.82 Å². The third-order valence-corrected chi connectivity index (χ3v) is 4.11. The molecule has 4 nitrogen and oxygen atoms in total. The average Bonchev–Trinajstić information content (AvgIpc) is 2.53. The maximum absolute atomic E-state index is 13.2. The van der Waals surface area contributed by atoms with Crippen molar-refractivity contribution in [3.05, 3.63) is 35.6 Å². The summed E-state index contributed by atoms with van der Waals surface area (Å²) >= 11 is 0. The van der Waals surface area contributed by atoms with Crippen molar-refractivity contribution in [2.75, 3.05) is 32.7 Å².